The maximum atomic E-state index is 14.0. The number of nitrogens with two attached hydrogens (primary N) is 1. The van der Waals surface area contributed by atoms with Crippen molar-refractivity contribution in [2.45, 2.75) is 4.90 Å². The second kappa shape index (κ2) is 6.58. The highest BCUT2D eigenvalue weighted by atomic mass is 79.9. The minimum absolute atomic E-state index is 0.0310. The molecular formula is C10H12BrFN2O3S2. The molecule has 0 saturated heterocycles. The van der Waals surface area contributed by atoms with E-state index in [1.54, 1.807) is 0 Å². The zero-order valence-corrected chi connectivity index (χ0v) is 13.1. The third kappa shape index (κ3) is 4.66. The molecule has 0 aliphatic rings. The molecule has 0 spiro atoms. The minimum atomic E-state index is -3.07. The van der Waals surface area contributed by atoms with Crippen molar-refractivity contribution in [3.8, 4) is 0 Å². The van der Waals surface area contributed by atoms with Gasteiger partial charge in [0, 0.05) is 22.5 Å². The lowest BCUT2D eigenvalue weighted by molar-refractivity contribution is 0.318. The van der Waals surface area contributed by atoms with Gasteiger partial charge in [0.15, 0.2) is 11.7 Å². The number of nitrogens with zero attached hydrogens (tertiary/aromatic N) is 1. The average molecular weight is 371 g/mol. The van der Waals surface area contributed by atoms with Crippen LogP contribution in [0.4, 0.5) is 4.39 Å². The van der Waals surface area contributed by atoms with E-state index in [0.717, 1.165) is 18.0 Å². The summed E-state index contributed by atoms with van der Waals surface area (Å²) in [5, 5.41) is 11.3. The molecule has 3 N–H and O–H groups in total. The third-order valence-corrected chi connectivity index (χ3v) is 5.16. The maximum Gasteiger partial charge on any atom is 0.171 e. The Morgan fingerprint density at radius 3 is 2.74 bits per heavy atom. The Bertz CT molecular complexity index is 605. The van der Waals surface area contributed by atoms with Gasteiger partial charge in [-0.1, -0.05) is 5.16 Å². The van der Waals surface area contributed by atoms with Crippen molar-refractivity contribution >= 4 is 43.4 Å². The Kier molecular flexibility index (Phi) is 5.63. The highest BCUT2D eigenvalue weighted by Crippen LogP contribution is 2.30. The van der Waals surface area contributed by atoms with Gasteiger partial charge in [-0.15, -0.1) is 11.8 Å². The van der Waals surface area contributed by atoms with Gasteiger partial charge in [0.05, 0.1) is 10.2 Å². The molecule has 0 fully saturated rings. The van der Waals surface area contributed by atoms with E-state index in [0.29, 0.717) is 4.90 Å². The first-order chi connectivity index (χ1) is 8.76. The van der Waals surface area contributed by atoms with Crippen LogP contribution in [0.1, 0.15) is 5.56 Å². The first-order valence-electron chi connectivity index (χ1n) is 5.02. The fourth-order valence-corrected chi connectivity index (χ4v) is 4.04. The van der Waals surface area contributed by atoms with Gasteiger partial charge >= 0.3 is 0 Å². The van der Waals surface area contributed by atoms with Crippen molar-refractivity contribution in [1.82, 2.24) is 0 Å². The number of rotatable bonds is 5. The summed E-state index contributed by atoms with van der Waals surface area (Å²) in [5.74, 6) is -0.553. The second-order valence-corrected chi connectivity index (χ2v) is 7.89. The molecule has 0 unspecified atom stereocenters. The molecule has 0 heterocycles. The fraction of sp³-hybridized carbons (Fsp3) is 0.300. The molecule has 1 rings (SSSR count). The van der Waals surface area contributed by atoms with Crippen LogP contribution in [0.15, 0.2) is 26.7 Å². The van der Waals surface area contributed by atoms with E-state index in [-0.39, 0.29) is 27.4 Å². The minimum Gasteiger partial charge on any atom is -0.409 e. The predicted molar refractivity (Wildman–Crippen MR) is 77.0 cm³/mol. The van der Waals surface area contributed by atoms with Crippen LogP contribution >= 0.6 is 27.7 Å². The summed E-state index contributed by atoms with van der Waals surface area (Å²) in [7, 11) is -3.07. The summed E-state index contributed by atoms with van der Waals surface area (Å²) < 4.78 is 36.0. The van der Waals surface area contributed by atoms with Crippen molar-refractivity contribution < 1.29 is 18.0 Å². The molecular weight excluding hydrogens is 359 g/mol. The van der Waals surface area contributed by atoms with E-state index in [9.17, 15) is 12.8 Å². The zero-order valence-electron chi connectivity index (χ0n) is 9.93. The number of thioether (sulfide) groups is 1. The number of oxime groups is 1. The summed E-state index contributed by atoms with van der Waals surface area (Å²) in [4.78, 5) is 0.296. The third-order valence-electron chi connectivity index (χ3n) is 2.14. The van der Waals surface area contributed by atoms with Crippen LogP contribution in [-0.4, -0.2) is 37.2 Å². The molecule has 0 aliphatic heterocycles. The van der Waals surface area contributed by atoms with Gasteiger partial charge < -0.3 is 10.9 Å². The van der Waals surface area contributed by atoms with Gasteiger partial charge in [0.2, 0.25) is 0 Å². The quantitative estimate of drug-likeness (QED) is 0.271. The zero-order chi connectivity index (χ0) is 14.6. The molecule has 9 heteroatoms. The summed E-state index contributed by atoms with van der Waals surface area (Å²) in [5.41, 5.74) is 5.62. The summed E-state index contributed by atoms with van der Waals surface area (Å²) in [6, 6.07) is 2.95. The number of benzene rings is 1. The van der Waals surface area contributed by atoms with Gasteiger partial charge in [-0.25, -0.2) is 12.8 Å². The van der Waals surface area contributed by atoms with Crippen LogP contribution in [0.5, 0.6) is 0 Å². The summed E-state index contributed by atoms with van der Waals surface area (Å²) >= 11 is 4.11. The molecule has 0 amide bonds. The molecule has 0 aliphatic carbocycles. The van der Waals surface area contributed by atoms with Gasteiger partial charge in [-0.3, -0.25) is 0 Å². The van der Waals surface area contributed by atoms with Gasteiger partial charge in [-0.2, -0.15) is 0 Å². The van der Waals surface area contributed by atoms with Gasteiger partial charge in [0.1, 0.15) is 9.84 Å². The SMILES string of the molecule is CS(=O)(=O)CCSc1ccc(/C(N)=N/O)c(Br)c1F. The van der Waals surface area contributed by atoms with Crippen molar-refractivity contribution in [3.05, 3.63) is 28.0 Å². The van der Waals surface area contributed by atoms with E-state index in [1.807, 2.05) is 0 Å². The topological polar surface area (TPSA) is 92.8 Å². The van der Waals surface area contributed by atoms with Crippen LogP contribution in [0, 0.1) is 5.82 Å². The van der Waals surface area contributed by atoms with Crippen molar-refractivity contribution in [2.75, 3.05) is 17.8 Å². The average Bonchev–Trinajstić information content (AvgIpc) is 2.32. The van der Waals surface area contributed by atoms with E-state index in [1.165, 1.54) is 12.1 Å². The Labute approximate surface area is 123 Å². The molecule has 5 nitrogen and oxygen atoms in total. The maximum absolute atomic E-state index is 14.0. The first kappa shape index (κ1) is 16.3. The highest BCUT2D eigenvalue weighted by molar-refractivity contribution is 9.10. The molecule has 1 aromatic carbocycles. The van der Waals surface area contributed by atoms with Crippen LogP contribution < -0.4 is 5.73 Å². The van der Waals surface area contributed by atoms with Gasteiger partial charge in [0.25, 0.3) is 0 Å². The molecule has 19 heavy (non-hydrogen) atoms. The Hall–Kier alpha value is -0.800. The second-order valence-electron chi connectivity index (χ2n) is 3.70. The molecule has 1 aromatic rings. The van der Waals surface area contributed by atoms with Crippen LogP contribution in [0.3, 0.4) is 0 Å². The van der Waals surface area contributed by atoms with Crippen LogP contribution in [-0.2, 0) is 9.84 Å². The lowest BCUT2D eigenvalue weighted by Crippen LogP contribution is -2.14. The van der Waals surface area contributed by atoms with Crippen molar-refractivity contribution in [1.29, 1.82) is 0 Å². The van der Waals surface area contributed by atoms with Crippen LogP contribution in [0.25, 0.3) is 0 Å². The normalized spacial score (nSPS) is 12.7. The number of halogens is 2. The Balaban J connectivity index is 2.91. The lowest BCUT2D eigenvalue weighted by Gasteiger charge is -2.08. The summed E-state index contributed by atoms with van der Waals surface area (Å²) in [6.07, 6.45) is 1.13. The fourth-order valence-electron chi connectivity index (χ4n) is 1.20. The molecule has 0 bridgehead atoms. The lowest BCUT2D eigenvalue weighted by atomic mass is 10.2. The smallest absolute Gasteiger partial charge is 0.171 e. The Morgan fingerprint density at radius 2 is 2.21 bits per heavy atom. The molecule has 0 aromatic heterocycles. The monoisotopic (exact) mass is 370 g/mol. The van der Waals surface area contributed by atoms with E-state index < -0.39 is 15.7 Å². The summed E-state index contributed by atoms with van der Waals surface area (Å²) in [6.45, 7) is 0. The van der Waals surface area contributed by atoms with Gasteiger partial charge in [-0.05, 0) is 28.1 Å². The first-order valence-corrected chi connectivity index (χ1v) is 8.86. The highest BCUT2D eigenvalue weighted by Gasteiger charge is 2.14. The van der Waals surface area contributed by atoms with E-state index >= 15 is 0 Å². The number of hydrogen-bond donors (Lipinski definition) is 2. The predicted octanol–water partition coefficient (Wildman–Crippen LogP) is 1.82. The van der Waals surface area contributed by atoms with E-state index in [4.69, 9.17) is 10.9 Å². The number of amidine groups is 1. The number of hydrogen-bond acceptors (Lipinski definition) is 5. The Morgan fingerprint density at radius 1 is 1.58 bits per heavy atom. The molecule has 0 radical (unpaired) electrons. The van der Waals surface area contributed by atoms with E-state index in [2.05, 4.69) is 21.1 Å². The molecule has 0 atom stereocenters. The van der Waals surface area contributed by atoms with Crippen molar-refractivity contribution in [2.24, 2.45) is 10.9 Å². The number of sulfone groups is 1. The van der Waals surface area contributed by atoms with Crippen LogP contribution in [0.2, 0.25) is 0 Å². The molecule has 106 valence electrons. The largest absolute Gasteiger partial charge is 0.409 e. The molecule has 0 saturated carbocycles. The standard InChI is InChI=1S/C10H12BrFN2O3S2/c1-19(16,17)5-4-18-7-3-2-6(10(13)14-15)8(11)9(7)12/h2-3,15H,4-5H2,1H3,(H2,13,14). The van der Waals surface area contributed by atoms with Crippen molar-refractivity contribution in [3.63, 3.8) is 0 Å².